The number of nitrogens with zero attached hydrogens (tertiary/aromatic N) is 5. The van der Waals surface area contributed by atoms with Crippen LogP contribution in [0.15, 0.2) is 48.8 Å². The number of carbonyl (C=O) groups excluding carboxylic acids is 1. The number of hydrogen-bond acceptors (Lipinski definition) is 6. The first kappa shape index (κ1) is 30.8. The van der Waals surface area contributed by atoms with Crippen molar-refractivity contribution in [2.24, 2.45) is 11.8 Å². The van der Waals surface area contributed by atoms with E-state index in [2.05, 4.69) is 26.0 Å². The molecule has 12 heteroatoms. The highest BCUT2D eigenvalue weighted by molar-refractivity contribution is 8.01. The Kier molecular flexibility index (Phi) is 9.22. The Morgan fingerprint density at radius 2 is 1.88 bits per heavy atom. The summed E-state index contributed by atoms with van der Waals surface area (Å²) in [7, 11) is -0.564. The Labute approximate surface area is 252 Å². The third kappa shape index (κ3) is 6.63. The maximum atomic E-state index is 14.8. The van der Waals surface area contributed by atoms with Crippen LogP contribution in [-0.2, 0) is 14.9 Å². The number of nitriles is 1. The zero-order valence-corrected chi connectivity index (χ0v) is 25.6. The average molecular weight is 612 g/mol. The Bertz CT molecular complexity index is 1530. The number of hydrogen-bond donors (Lipinski definition) is 3. The summed E-state index contributed by atoms with van der Waals surface area (Å²) in [6, 6.07) is 12.2. The number of aromatic nitrogens is 3. The van der Waals surface area contributed by atoms with Gasteiger partial charge in [-0.05, 0) is 62.1 Å². The fourth-order valence-electron chi connectivity index (χ4n) is 6.00. The third-order valence-electron chi connectivity index (χ3n) is 8.69. The molecule has 1 saturated heterocycles. The van der Waals surface area contributed by atoms with Crippen LogP contribution in [0.2, 0.25) is 0 Å². The summed E-state index contributed by atoms with van der Waals surface area (Å²) in [5.74, 6) is -0.997. The molecule has 9 nitrogen and oxygen atoms in total. The Balaban J connectivity index is 1.51. The van der Waals surface area contributed by atoms with E-state index < -0.39 is 40.0 Å². The van der Waals surface area contributed by atoms with Crippen molar-refractivity contribution in [3.8, 4) is 23.0 Å². The maximum Gasteiger partial charge on any atom is 0.224 e. The maximum absolute atomic E-state index is 14.8. The second-order valence-electron chi connectivity index (χ2n) is 11.8. The van der Waals surface area contributed by atoms with Crippen molar-refractivity contribution in [2.45, 2.75) is 51.2 Å². The number of benzene rings is 1. The number of thiol groups is 1. The largest absolute Gasteiger partial charge is 0.370 e. The first-order valence-corrected chi connectivity index (χ1v) is 16.9. The molecule has 1 amide bonds. The number of nitrogens with one attached hydrogen (secondary N) is 2. The van der Waals surface area contributed by atoms with Gasteiger partial charge >= 0.3 is 0 Å². The van der Waals surface area contributed by atoms with Crippen molar-refractivity contribution in [2.75, 3.05) is 36.5 Å². The van der Waals surface area contributed by atoms with Crippen molar-refractivity contribution in [3.63, 3.8) is 0 Å². The molecule has 43 heavy (non-hydrogen) atoms. The predicted molar refractivity (Wildman–Crippen MR) is 165 cm³/mol. The van der Waals surface area contributed by atoms with E-state index in [1.54, 1.807) is 13.2 Å². The highest BCUT2D eigenvalue weighted by Gasteiger charge is 2.40. The first-order chi connectivity index (χ1) is 20.6. The van der Waals surface area contributed by atoms with Crippen LogP contribution >= 0.6 is 0 Å². The molecular formula is C31H39F2N7O2S. The van der Waals surface area contributed by atoms with E-state index in [1.807, 2.05) is 38.1 Å². The Hall–Kier alpha value is -3.69. The molecular weight excluding hydrogens is 572 g/mol. The van der Waals surface area contributed by atoms with Crippen LogP contribution < -0.4 is 14.9 Å². The minimum Gasteiger partial charge on any atom is -0.370 e. The van der Waals surface area contributed by atoms with Crippen molar-refractivity contribution >= 4 is 21.7 Å². The first-order valence-electron chi connectivity index (χ1n) is 14.8. The number of alkyl halides is 1. The molecule has 1 aliphatic heterocycles. The van der Waals surface area contributed by atoms with Crippen LogP contribution in [0.25, 0.3) is 16.9 Å². The summed E-state index contributed by atoms with van der Waals surface area (Å²) in [6.07, 6.45) is 2.72. The van der Waals surface area contributed by atoms with Crippen molar-refractivity contribution in [1.82, 2.24) is 24.8 Å². The monoisotopic (exact) mass is 611 g/mol. The summed E-state index contributed by atoms with van der Waals surface area (Å²) < 4.78 is 46.6. The second kappa shape index (κ2) is 12.9. The third-order valence-corrected chi connectivity index (χ3v) is 11.3. The summed E-state index contributed by atoms with van der Waals surface area (Å²) in [4.78, 5) is 19.9. The molecule has 3 heterocycles. The number of carbonyl (C=O) groups is 1. The van der Waals surface area contributed by atoms with Crippen LogP contribution in [0.5, 0.6) is 0 Å². The Morgan fingerprint density at radius 1 is 1.16 bits per heavy atom. The summed E-state index contributed by atoms with van der Waals surface area (Å²) in [5, 5.41) is 17.1. The van der Waals surface area contributed by atoms with Gasteiger partial charge in [0.1, 0.15) is 12.2 Å². The number of anilines is 1. The number of pyridine rings is 1. The lowest BCUT2D eigenvalue weighted by molar-refractivity contribution is -0.128. The van der Waals surface area contributed by atoms with Gasteiger partial charge in [-0.15, -0.1) is 0 Å². The lowest BCUT2D eigenvalue weighted by Gasteiger charge is -2.36. The smallest absolute Gasteiger partial charge is 0.224 e. The predicted octanol–water partition coefficient (Wildman–Crippen LogP) is 3.93. The fraction of sp³-hybridized carbons (Fsp3) is 0.484. The molecule has 0 radical (unpaired) electrons. The van der Waals surface area contributed by atoms with Crippen molar-refractivity contribution < 1.29 is 17.8 Å². The van der Waals surface area contributed by atoms with Gasteiger partial charge in [0.2, 0.25) is 5.91 Å². The molecule has 2 fully saturated rings. The zero-order chi connectivity index (χ0) is 30.7. The quantitative estimate of drug-likeness (QED) is 0.333. The van der Waals surface area contributed by atoms with Crippen LogP contribution in [0.3, 0.4) is 0 Å². The molecule has 2 aromatic heterocycles. The van der Waals surface area contributed by atoms with Gasteiger partial charge in [0.25, 0.3) is 0 Å². The zero-order valence-electron chi connectivity index (χ0n) is 24.7. The van der Waals surface area contributed by atoms with Crippen LogP contribution in [0.1, 0.15) is 44.7 Å². The van der Waals surface area contributed by atoms with Crippen LogP contribution in [0, 0.1) is 29.0 Å². The summed E-state index contributed by atoms with van der Waals surface area (Å²) in [5.41, 5.74) is 3.09. The lowest BCUT2D eigenvalue weighted by atomic mass is 9.74. The van der Waals surface area contributed by atoms with Gasteiger partial charge in [-0.2, -0.15) is 10.4 Å². The van der Waals surface area contributed by atoms with Crippen LogP contribution in [0.4, 0.5) is 14.5 Å². The molecule has 2 aliphatic rings. The molecule has 3 aromatic rings. The van der Waals surface area contributed by atoms with Gasteiger partial charge in [-0.1, -0.05) is 36.1 Å². The number of amides is 1. The highest BCUT2D eigenvalue weighted by Crippen LogP contribution is 2.43. The molecule has 5 rings (SSSR count). The topological polar surface area (TPSA) is 116 Å². The summed E-state index contributed by atoms with van der Waals surface area (Å²) in [6.45, 7) is 5.06. The number of rotatable bonds is 8. The molecule has 1 saturated carbocycles. The average Bonchev–Trinajstić information content (AvgIpc) is 3.45. The second-order valence-corrected chi connectivity index (χ2v) is 14.9. The molecule has 4 atom stereocenters. The van der Waals surface area contributed by atoms with E-state index in [1.165, 1.54) is 23.0 Å². The summed E-state index contributed by atoms with van der Waals surface area (Å²) >= 11 is 0. The SMILES string of the molecule is CN[SH]1(=O)CCN(c2ccc(-c3cn(-c4ncccc4F)nc3[C@@H]3CC[C@H](F)C[C@H]3C(=O)N[C@H](C#N)C(C)C)cc2)CC1. The van der Waals surface area contributed by atoms with Gasteiger partial charge in [0.05, 0.1) is 11.8 Å². The van der Waals surface area contributed by atoms with E-state index in [-0.39, 0.29) is 30.5 Å². The van der Waals surface area contributed by atoms with Crippen LogP contribution in [-0.4, -0.2) is 68.7 Å². The van der Waals surface area contributed by atoms with E-state index in [0.29, 0.717) is 42.3 Å². The highest BCUT2D eigenvalue weighted by atomic mass is 32.3. The van der Waals surface area contributed by atoms with Gasteiger partial charge < -0.3 is 10.2 Å². The Morgan fingerprint density at radius 3 is 2.51 bits per heavy atom. The lowest BCUT2D eigenvalue weighted by Crippen LogP contribution is -2.49. The molecule has 0 spiro atoms. The molecule has 1 aliphatic carbocycles. The molecule has 0 bridgehead atoms. The number of halogens is 2. The molecule has 1 aromatic carbocycles. The van der Waals surface area contributed by atoms with E-state index in [0.717, 1.165) is 11.3 Å². The van der Waals surface area contributed by atoms with E-state index in [4.69, 9.17) is 5.10 Å². The van der Waals surface area contributed by atoms with E-state index in [9.17, 15) is 23.0 Å². The molecule has 230 valence electrons. The molecule has 2 N–H and O–H groups in total. The fourth-order valence-corrected chi connectivity index (χ4v) is 7.80. The van der Waals surface area contributed by atoms with Crippen molar-refractivity contribution in [1.29, 1.82) is 5.26 Å². The van der Waals surface area contributed by atoms with Gasteiger partial charge in [-0.3, -0.25) is 13.7 Å². The standard InChI is InChI=1S/C31H39F2N7O2S/c1-20(2)28(18-34)37-31(41)25-17-22(32)8-11-24(25)29-26(19-40(38-29)30-27(33)5-4-12-36-30)21-6-9-23(10-7-21)39-13-15-43(42,35-3)16-14-39/h4-7,9-10,12,19-20,22,24-25,28,43H,8,11,13-17H2,1-3H3,(H,35,42)(H,37,41)/t22-,24+,25+,28+/m0/s1. The minimum atomic E-state index is -2.31. The van der Waals surface area contributed by atoms with Gasteiger partial charge in [0, 0.05) is 60.1 Å². The van der Waals surface area contributed by atoms with Gasteiger partial charge in [-0.25, -0.2) is 18.4 Å². The van der Waals surface area contributed by atoms with E-state index >= 15 is 0 Å². The van der Waals surface area contributed by atoms with Crippen molar-refractivity contribution in [3.05, 3.63) is 60.3 Å². The normalized spacial score (nSPS) is 23.4. The minimum absolute atomic E-state index is 0.0152. The molecule has 0 unspecified atom stereocenters. The van der Waals surface area contributed by atoms with Gasteiger partial charge in [0.15, 0.2) is 11.6 Å².